The van der Waals surface area contributed by atoms with Crippen LogP contribution in [0, 0.1) is 20.8 Å². The summed E-state index contributed by atoms with van der Waals surface area (Å²) in [5.74, 6) is 0.369. The molecule has 2 rings (SSSR count). The summed E-state index contributed by atoms with van der Waals surface area (Å²) in [4.78, 5) is 14.8. The van der Waals surface area contributed by atoms with Crippen LogP contribution in [-0.2, 0) is 14.8 Å². The summed E-state index contributed by atoms with van der Waals surface area (Å²) in [7, 11) is 3.35. The Bertz CT molecular complexity index is 1060. The number of carbonyl (C=O) groups is 1. The maximum atomic E-state index is 13.1. The first-order valence-electron chi connectivity index (χ1n) is 10.9. The van der Waals surface area contributed by atoms with Gasteiger partial charge in [0.1, 0.15) is 5.75 Å². The number of hydrogen-bond donors (Lipinski definition) is 2. The fourth-order valence-electron chi connectivity index (χ4n) is 3.55. The average molecular weight is 477 g/mol. The van der Waals surface area contributed by atoms with Crippen LogP contribution in [0.5, 0.6) is 5.75 Å². The van der Waals surface area contributed by atoms with Crippen LogP contribution in [0.3, 0.4) is 0 Å². The van der Waals surface area contributed by atoms with Crippen LogP contribution in [0.4, 0.5) is 11.4 Å². The van der Waals surface area contributed by atoms with Crippen molar-refractivity contribution in [2.45, 2.75) is 32.1 Å². The highest BCUT2D eigenvalue weighted by Crippen LogP contribution is 2.28. The summed E-state index contributed by atoms with van der Waals surface area (Å²) in [6.07, 6.45) is 0.0475. The molecule has 0 heterocycles. The Kier molecular flexibility index (Phi) is 9.27. The Morgan fingerprint density at radius 1 is 0.970 bits per heavy atom. The fourth-order valence-corrected chi connectivity index (χ4v) is 5.12. The van der Waals surface area contributed by atoms with Gasteiger partial charge in [-0.1, -0.05) is 0 Å². The van der Waals surface area contributed by atoms with Crippen molar-refractivity contribution in [2.75, 3.05) is 58.5 Å². The number of hydrogen-bond acceptors (Lipinski definition) is 6. The number of amides is 1. The lowest BCUT2D eigenvalue weighted by Gasteiger charge is -2.20. The van der Waals surface area contributed by atoms with E-state index in [1.807, 2.05) is 39.2 Å². The van der Waals surface area contributed by atoms with E-state index in [2.05, 4.69) is 15.5 Å². The Morgan fingerprint density at radius 3 is 2.15 bits per heavy atom. The maximum absolute atomic E-state index is 13.1. The molecule has 2 aromatic rings. The fraction of sp³-hybridized carbons (Fsp3) is 0.458. The number of nitrogens with one attached hydrogen (secondary N) is 2. The van der Waals surface area contributed by atoms with Crippen molar-refractivity contribution in [2.24, 2.45) is 0 Å². The minimum Gasteiger partial charge on any atom is -0.497 e. The number of carbonyl (C=O) groups excluding carboxylic acids is 1. The smallest absolute Gasteiger partial charge is 0.243 e. The Labute approximate surface area is 198 Å². The molecule has 0 saturated heterocycles. The third-order valence-electron chi connectivity index (χ3n) is 5.38. The van der Waals surface area contributed by atoms with Crippen molar-refractivity contribution < 1.29 is 17.9 Å². The van der Waals surface area contributed by atoms with Gasteiger partial charge in [0, 0.05) is 44.5 Å². The molecule has 0 aliphatic carbocycles. The number of methoxy groups -OCH3 is 1. The van der Waals surface area contributed by atoms with Gasteiger partial charge in [0.2, 0.25) is 15.9 Å². The van der Waals surface area contributed by atoms with E-state index in [4.69, 9.17) is 4.74 Å². The van der Waals surface area contributed by atoms with Crippen molar-refractivity contribution in [1.29, 1.82) is 0 Å². The first kappa shape index (κ1) is 26.6. The van der Waals surface area contributed by atoms with Gasteiger partial charge in [-0.05, 0) is 81.9 Å². The highest BCUT2D eigenvalue weighted by molar-refractivity contribution is 7.89. The predicted octanol–water partition coefficient (Wildman–Crippen LogP) is 3.24. The molecule has 0 radical (unpaired) electrons. The summed E-state index contributed by atoms with van der Waals surface area (Å²) in [6.45, 7) is 7.28. The van der Waals surface area contributed by atoms with Crippen LogP contribution in [-0.4, -0.2) is 71.4 Å². The molecule has 0 aromatic heterocycles. The molecule has 0 saturated carbocycles. The molecule has 33 heavy (non-hydrogen) atoms. The predicted molar refractivity (Wildman–Crippen MR) is 134 cm³/mol. The zero-order valence-electron chi connectivity index (χ0n) is 20.7. The van der Waals surface area contributed by atoms with E-state index in [1.54, 1.807) is 33.1 Å². The van der Waals surface area contributed by atoms with Gasteiger partial charge in [0.05, 0.1) is 12.0 Å². The van der Waals surface area contributed by atoms with Gasteiger partial charge in [0.15, 0.2) is 0 Å². The largest absolute Gasteiger partial charge is 0.497 e. The standard InChI is InChI=1S/C24H36N4O4S/c1-17-14-20(8-9-22(17)25-11-13-27(4)5)26-23(29)10-12-28(6)33(30,31)24-18(2)15-21(32-7)16-19(24)3/h8-9,14-16,25H,10-13H2,1-7H3,(H,26,29). The lowest BCUT2D eigenvalue weighted by Crippen LogP contribution is -2.31. The molecule has 0 fully saturated rings. The average Bonchev–Trinajstić information content (AvgIpc) is 2.72. The van der Waals surface area contributed by atoms with Crippen LogP contribution < -0.4 is 15.4 Å². The number of anilines is 2. The van der Waals surface area contributed by atoms with Crippen LogP contribution in [0.15, 0.2) is 35.2 Å². The highest BCUT2D eigenvalue weighted by Gasteiger charge is 2.25. The molecule has 1 amide bonds. The van der Waals surface area contributed by atoms with Crippen LogP contribution in [0.2, 0.25) is 0 Å². The minimum atomic E-state index is -3.74. The lowest BCUT2D eigenvalue weighted by molar-refractivity contribution is -0.116. The summed E-state index contributed by atoms with van der Waals surface area (Å²) in [5.41, 5.74) is 3.95. The number of aryl methyl sites for hydroxylation is 3. The van der Waals surface area contributed by atoms with E-state index in [1.165, 1.54) is 11.4 Å². The third kappa shape index (κ3) is 7.18. The Morgan fingerprint density at radius 2 is 1.61 bits per heavy atom. The van der Waals surface area contributed by atoms with Crippen molar-refractivity contribution in [3.8, 4) is 5.75 Å². The number of nitrogens with zero attached hydrogens (tertiary/aromatic N) is 2. The second kappa shape index (κ2) is 11.5. The summed E-state index contributed by atoms with van der Waals surface area (Å²) < 4.78 is 32.6. The van der Waals surface area contributed by atoms with E-state index in [0.717, 1.165) is 24.3 Å². The van der Waals surface area contributed by atoms with E-state index >= 15 is 0 Å². The van der Waals surface area contributed by atoms with Gasteiger partial charge in [0.25, 0.3) is 0 Å². The molecular formula is C24H36N4O4S. The highest BCUT2D eigenvalue weighted by atomic mass is 32.2. The molecule has 8 nitrogen and oxygen atoms in total. The summed E-state index contributed by atoms with van der Waals surface area (Å²) in [5, 5.41) is 6.23. The van der Waals surface area contributed by atoms with Crippen LogP contribution in [0.1, 0.15) is 23.1 Å². The summed E-state index contributed by atoms with van der Waals surface area (Å²) in [6, 6.07) is 9.07. The molecule has 2 N–H and O–H groups in total. The van der Waals surface area contributed by atoms with Crippen LogP contribution in [0.25, 0.3) is 0 Å². The molecular weight excluding hydrogens is 440 g/mol. The number of benzene rings is 2. The van der Waals surface area contributed by atoms with E-state index < -0.39 is 10.0 Å². The third-order valence-corrected chi connectivity index (χ3v) is 7.54. The van der Waals surface area contributed by atoms with Gasteiger partial charge in [-0.2, -0.15) is 0 Å². The lowest BCUT2D eigenvalue weighted by atomic mass is 10.1. The zero-order valence-corrected chi connectivity index (χ0v) is 21.5. The molecule has 182 valence electrons. The topological polar surface area (TPSA) is 91.0 Å². The second-order valence-electron chi connectivity index (χ2n) is 8.47. The van der Waals surface area contributed by atoms with Crippen molar-refractivity contribution >= 4 is 27.3 Å². The van der Waals surface area contributed by atoms with Gasteiger partial charge >= 0.3 is 0 Å². The molecule has 0 unspecified atom stereocenters. The number of rotatable bonds is 11. The molecule has 0 spiro atoms. The quantitative estimate of drug-likeness (QED) is 0.517. The van der Waals surface area contributed by atoms with E-state index in [9.17, 15) is 13.2 Å². The first-order chi connectivity index (χ1) is 15.4. The normalized spacial score (nSPS) is 11.7. The Balaban J connectivity index is 1.98. The van der Waals surface area contributed by atoms with Crippen molar-refractivity contribution in [3.63, 3.8) is 0 Å². The second-order valence-corrected chi connectivity index (χ2v) is 10.5. The molecule has 9 heteroatoms. The molecule has 0 bridgehead atoms. The van der Waals surface area contributed by atoms with Crippen molar-refractivity contribution in [3.05, 3.63) is 47.0 Å². The number of ether oxygens (including phenoxy) is 1. The molecule has 0 atom stereocenters. The number of likely N-dealkylation sites (N-methyl/N-ethyl adjacent to an activating group) is 1. The Hall–Kier alpha value is -2.62. The van der Waals surface area contributed by atoms with Crippen molar-refractivity contribution in [1.82, 2.24) is 9.21 Å². The first-order valence-corrected chi connectivity index (χ1v) is 12.3. The van der Waals surface area contributed by atoms with Gasteiger partial charge in [-0.3, -0.25) is 4.79 Å². The van der Waals surface area contributed by atoms with E-state index in [0.29, 0.717) is 22.6 Å². The summed E-state index contributed by atoms with van der Waals surface area (Å²) >= 11 is 0. The van der Waals surface area contributed by atoms with Gasteiger partial charge in [-0.25, -0.2) is 12.7 Å². The maximum Gasteiger partial charge on any atom is 0.243 e. The minimum absolute atomic E-state index is 0.0475. The molecule has 0 aliphatic rings. The monoisotopic (exact) mass is 476 g/mol. The molecule has 2 aromatic carbocycles. The number of sulfonamides is 1. The van der Waals surface area contributed by atoms with Gasteiger partial charge < -0.3 is 20.3 Å². The van der Waals surface area contributed by atoms with Crippen LogP contribution >= 0.6 is 0 Å². The van der Waals surface area contributed by atoms with Gasteiger partial charge in [-0.15, -0.1) is 0 Å². The van der Waals surface area contributed by atoms with E-state index in [-0.39, 0.29) is 23.8 Å². The SMILES string of the molecule is COc1cc(C)c(S(=O)(=O)N(C)CCC(=O)Nc2ccc(NCCN(C)C)c(C)c2)c(C)c1. The molecule has 0 aliphatic heterocycles. The zero-order chi connectivity index (χ0) is 24.8.